The molecule has 0 spiro atoms. The van der Waals surface area contributed by atoms with Crippen LogP contribution in [0.4, 0.5) is 0 Å². The number of carbonyl (C=O) groups excluding carboxylic acids is 1. The maximum atomic E-state index is 11.3. The van der Waals surface area contributed by atoms with Gasteiger partial charge >= 0.3 is 0 Å². The van der Waals surface area contributed by atoms with Crippen molar-refractivity contribution in [3.05, 3.63) is 35.4 Å². The predicted molar refractivity (Wildman–Crippen MR) is 73.4 cm³/mol. The molecule has 3 heteroatoms. The number of benzene rings is 1. The molecular formula is C15H22N2O. The third kappa shape index (κ3) is 2.41. The zero-order valence-electron chi connectivity index (χ0n) is 11.4. The third-order valence-corrected chi connectivity index (χ3v) is 4.16. The molecule has 1 aliphatic heterocycles. The van der Waals surface area contributed by atoms with E-state index in [9.17, 15) is 4.79 Å². The Morgan fingerprint density at radius 3 is 2.72 bits per heavy atom. The van der Waals surface area contributed by atoms with Gasteiger partial charge < -0.3 is 5.73 Å². The number of carbonyl (C=O) groups is 1. The van der Waals surface area contributed by atoms with Gasteiger partial charge in [0.05, 0.1) is 6.04 Å². The van der Waals surface area contributed by atoms with Crippen molar-refractivity contribution < 1.29 is 4.79 Å². The van der Waals surface area contributed by atoms with Crippen LogP contribution in [-0.4, -0.2) is 29.4 Å². The fourth-order valence-corrected chi connectivity index (χ4v) is 3.03. The first-order valence-electron chi connectivity index (χ1n) is 6.61. The van der Waals surface area contributed by atoms with E-state index in [1.807, 2.05) is 6.92 Å². The van der Waals surface area contributed by atoms with E-state index < -0.39 is 0 Å². The molecule has 1 fully saturated rings. The van der Waals surface area contributed by atoms with Gasteiger partial charge in [0.15, 0.2) is 0 Å². The molecule has 0 radical (unpaired) electrons. The number of nitrogens with two attached hydrogens (primary N) is 1. The Kier molecular flexibility index (Phi) is 3.71. The molecule has 18 heavy (non-hydrogen) atoms. The van der Waals surface area contributed by atoms with Crippen molar-refractivity contribution in [2.75, 3.05) is 6.54 Å². The Labute approximate surface area is 109 Å². The standard InChI is InChI=1S/C15H22N2O/c1-10-6-4-5-7-14(10)13-8-11(2)17(9-13)12(3)15(16)18/h4-7,11-13H,8-9H2,1-3H3,(H2,16,18)/t11-,12+,13+/m0/s1. The smallest absolute Gasteiger partial charge is 0.234 e. The second-order valence-electron chi connectivity index (χ2n) is 5.41. The summed E-state index contributed by atoms with van der Waals surface area (Å²) in [7, 11) is 0. The van der Waals surface area contributed by atoms with Gasteiger partial charge in [-0.2, -0.15) is 0 Å². The van der Waals surface area contributed by atoms with E-state index in [0.29, 0.717) is 12.0 Å². The van der Waals surface area contributed by atoms with Crippen LogP contribution in [0.2, 0.25) is 0 Å². The average Bonchev–Trinajstić information content (AvgIpc) is 2.70. The van der Waals surface area contributed by atoms with Gasteiger partial charge in [0.25, 0.3) is 0 Å². The minimum atomic E-state index is -0.229. The quantitative estimate of drug-likeness (QED) is 0.887. The molecule has 2 rings (SSSR count). The van der Waals surface area contributed by atoms with Crippen LogP contribution in [0.3, 0.4) is 0 Å². The molecule has 0 saturated carbocycles. The lowest BCUT2D eigenvalue weighted by atomic mass is 9.93. The van der Waals surface area contributed by atoms with E-state index >= 15 is 0 Å². The van der Waals surface area contributed by atoms with Crippen molar-refractivity contribution in [1.29, 1.82) is 0 Å². The van der Waals surface area contributed by atoms with Gasteiger partial charge in [0, 0.05) is 12.6 Å². The van der Waals surface area contributed by atoms with Crippen molar-refractivity contribution in [3.8, 4) is 0 Å². The first kappa shape index (κ1) is 13.1. The molecule has 1 amide bonds. The van der Waals surface area contributed by atoms with Gasteiger partial charge in [0.1, 0.15) is 0 Å². The van der Waals surface area contributed by atoms with Crippen LogP contribution in [0.15, 0.2) is 24.3 Å². The van der Waals surface area contributed by atoms with Crippen LogP contribution in [0.1, 0.15) is 37.3 Å². The van der Waals surface area contributed by atoms with E-state index in [1.54, 1.807) is 0 Å². The number of hydrogen-bond donors (Lipinski definition) is 1. The average molecular weight is 246 g/mol. The van der Waals surface area contributed by atoms with Crippen LogP contribution >= 0.6 is 0 Å². The summed E-state index contributed by atoms with van der Waals surface area (Å²) >= 11 is 0. The summed E-state index contributed by atoms with van der Waals surface area (Å²) in [5.41, 5.74) is 8.15. The highest BCUT2D eigenvalue weighted by Crippen LogP contribution is 2.34. The van der Waals surface area contributed by atoms with E-state index in [0.717, 1.165) is 13.0 Å². The number of aryl methyl sites for hydroxylation is 1. The van der Waals surface area contributed by atoms with Crippen LogP contribution in [0, 0.1) is 6.92 Å². The molecule has 0 aromatic heterocycles. The molecule has 98 valence electrons. The molecule has 2 N–H and O–H groups in total. The van der Waals surface area contributed by atoms with Gasteiger partial charge in [0.2, 0.25) is 5.91 Å². The summed E-state index contributed by atoms with van der Waals surface area (Å²) in [5, 5.41) is 0. The van der Waals surface area contributed by atoms with E-state index in [4.69, 9.17) is 5.73 Å². The number of likely N-dealkylation sites (tertiary alicyclic amines) is 1. The molecule has 1 saturated heterocycles. The molecule has 1 heterocycles. The van der Waals surface area contributed by atoms with Gasteiger partial charge in [-0.1, -0.05) is 24.3 Å². The number of amides is 1. The summed E-state index contributed by atoms with van der Waals surface area (Å²) in [5.74, 6) is 0.287. The van der Waals surface area contributed by atoms with Gasteiger partial charge in [-0.3, -0.25) is 9.69 Å². The first-order valence-corrected chi connectivity index (χ1v) is 6.61. The molecule has 0 aliphatic carbocycles. The maximum absolute atomic E-state index is 11.3. The minimum absolute atomic E-state index is 0.172. The van der Waals surface area contributed by atoms with E-state index in [-0.39, 0.29) is 11.9 Å². The lowest BCUT2D eigenvalue weighted by molar-refractivity contribution is -0.122. The zero-order valence-corrected chi connectivity index (χ0v) is 11.4. The molecule has 1 aromatic rings. The van der Waals surface area contributed by atoms with E-state index in [1.165, 1.54) is 11.1 Å². The van der Waals surface area contributed by atoms with Crippen LogP contribution in [0.5, 0.6) is 0 Å². The predicted octanol–water partition coefficient (Wildman–Crippen LogP) is 2.05. The summed E-state index contributed by atoms with van der Waals surface area (Å²) < 4.78 is 0. The number of hydrogen-bond acceptors (Lipinski definition) is 2. The first-order chi connectivity index (χ1) is 8.50. The molecule has 1 aliphatic rings. The molecule has 0 bridgehead atoms. The Balaban J connectivity index is 2.16. The lowest BCUT2D eigenvalue weighted by Gasteiger charge is -2.26. The molecular weight excluding hydrogens is 224 g/mol. The molecule has 1 aromatic carbocycles. The number of primary amides is 1. The third-order valence-electron chi connectivity index (χ3n) is 4.16. The summed E-state index contributed by atoms with van der Waals surface area (Å²) in [6.45, 7) is 7.16. The Bertz CT molecular complexity index is 444. The fraction of sp³-hybridized carbons (Fsp3) is 0.533. The highest BCUT2D eigenvalue weighted by atomic mass is 16.1. The second kappa shape index (κ2) is 5.11. The van der Waals surface area contributed by atoms with Crippen LogP contribution in [0.25, 0.3) is 0 Å². The van der Waals surface area contributed by atoms with Crippen LogP contribution in [-0.2, 0) is 4.79 Å². The molecule has 3 nitrogen and oxygen atoms in total. The number of rotatable bonds is 3. The zero-order chi connectivity index (χ0) is 13.3. The van der Waals surface area contributed by atoms with Crippen molar-refractivity contribution in [2.24, 2.45) is 5.73 Å². The van der Waals surface area contributed by atoms with Gasteiger partial charge in [-0.05, 0) is 44.2 Å². The van der Waals surface area contributed by atoms with E-state index in [2.05, 4.69) is 43.0 Å². The van der Waals surface area contributed by atoms with Crippen molar-refractivity contribution >= 4 is 5.91 Å². The van der Waals surface area contributed by atoms with Gasteiger partial charge in [-0.15, -0.1) is 0 Å². The van der Waals surface area contributed by atoms with Gasteiger partial charge in [-0.25, -0.2) is 0 Å². The minimum Gasteiger partial charge on any atom is -0.368 e. The maximum Gasteiger partial charge on any atom is 0.234 e. The Morgan fingerprint density at radius 2 is 2.11 bits per heavy atom. The lowest BCUT2D eigenvalue weighted by Crippen LogP contribution is -2.44. The monoisotopic (exact) mass is 246 g/mol. The Hall–Kier alpha value is -1.35. The largest absolute Gasteiger partial charge is 0.368 e. The summed E-state index contributed by atoms with van der Waals surface area (Å²) in [4.78, 5) is 13.5. The fourth-order valence-electron chi connectivity index (χ4n) is 3.03. The highest BCUT2D eigenvalue weighted by Gasteiger charge is 2.35. The summed E-state index contributed by atoms with van der Waals surface area (Å²) in [6, 6.07) is 8.76. The highest BCUT2D eigenvalue weighted by molar-refractivity contribution is 5.79. The normalized spacial score (nSPS) is 26.2. The molecule has 0 unspecified atom stereocenters. The van der Waals surface area contributed by atoms with Crippen LogP contribution < -0.4 is 5.73 Å². The SMILES string of the molecule is Cc1ccccc1[C@@H]1C[C@H](C)N([C@H](C)C(N)=O)C1. The second-order valence-corrected chi connectivity index (χ2v) is 5.41. The Morgan fingerprint density at radius 1 is 1.44 bits per heavy atom. The topological polar surface area (TPSA) is 46.3 Å². The molecule has 3 atom stereocenters. The van der Waals surface area contributed by atoms with Crippen molar-refractivity contribution in [1.82, 2.24) is 4.90 Å². The van der Waals surface area contributed by atoms with Crippen molar-refractivity contribution in [3.63, 3.8) is 0 Å². The number of nitrogens with zero attached hydrogens (tertiary/aromatic N) is 1. The van der Waals surface area contributed by atoms with Crippen molar-refractivity contribution in [2.45, 2.75) is 45.2 Å². The summed E-state index contributed by atoms with van der Waals surface area (Å²) in [6.07, 6.45) is 1.10.